The van der Waals surface area contributed by atoms with Gasteiger partial charge in [-0.15, -0.1) is 0 Å². The zero-order valence-electron chi connectivity index (χ0n) is 12.4. The van der Waals surface area contributed by atoms with Crippen LogP contribution in [0.5, 0.6) is 0 Å². The summed E-state index contributed by atoms with van der Waals surface area (Å²) in [7, 11) is 1.80. The van der Waals surface area contributed by atoms with Crippen LogP contribution >= 0.6 is 0 Å². The van der Waals surface area contributed by atoms with E-state index in [-0.39, 0.29) is 0 Å². The second-order valence-corrected chi connectivity index (χ2v) is 5.72. The van der Waals surface area contributed by atoms with E-state index < -0.39 is 0 Å². The van der Waals surface area contributed by atoms with E-state index in [0.717, 1.165) is 30.4 Å². The van der Waals surface area contributed by atoms with E-state index in [9.17, 15) is 0 Å². The number of furan rings is 1. The van der Waals surface area contributed by atoms with Crippen LogP contribution in [0.3, 0.4) is 0 Å². The highest BCUT2D eigenvalue weighted by molar-refractivity contribution is 5.80. The van der Waals surface area contributed by atoms with Crippen molar-refractivity contribution in [3.63, 3.8) is 0 Å². The molecule has 3 rings (SSSR count). The van der Waals surface area contributed by atoms with E-state index in [2.05, 4.69) is 21.7 Å². The topological polar surface area (TPSA) is 58.8 Å². The smallest absolute Gasteiger partial charge is 0.191 e. The van der Waals surface area contributed by atoms with E-state index in [0.29, 0.717) is 18.2 Å². The lowest BCUT2D eigenvalue weighted by atomic mass is 9.96. The Balaban J connectivity index is 1.54. The van der Waals surface area contributed by atoms with E-state index in [4.69, 9.17) is 9.15 Å². The molecule has 1 aromatic rings. The molecule has 3 unspecified atom stereocenters. The molecule has 2 saturated heterocycles. The number of nitrogens with zero attached hydrogens (tertiary/aromatic N) is 1. The molecule has 2 N–H and O–H groups in total. The average molecular weight is 277 g/mol. The van der Waals surface area contributed by atoms with Crippen molar-refractivity contribution < 1.29 is 9.15 Å². The third kappa shape index (κ3) is 2.68. The van der Waals surface area contributed by atoms with Crippen LogP contribution in [-0.2, 0) is 11.3 Å². The van der Waals surface area contributed by atoms with Crippen molar-refractivity contribution in [3.8, 4) is 0 Å². The van der Waals surface area contributed by atoms with Crippen molar-refractivity contribution >= 4 is 5.96 Å². The summed E-state index contributed by atoms with van der Waals surface area (Å²) >= 11 is 0. The summed E-state index contributed by atoms with van der Waals surface area (Å²) in [5, 5.41) is 6.83. The van der Waals surface area contributed by atoms with E-state index in [1.54, 1.807) is 7.05 Å². The summed E-state index contributed by atoms with van der Waals surface area (Å²) in [5.41, 5.74) is 1.18. The number of nitrogens with one attached hydrogen (secondary N) is 2. The Kier molecular flexibility index (Phi) is 3.70. The number of aryl methyl sites for hydroxylation is 2. The molecule has 0 spiro atoms. The summed E-state index contributed by atoms with van der Waals surface area (Å²) in [6, 6.07) is 2.46. The molecular weight excluding hydrogens is 254 g/mol. The van der Waals surface area contributed by atoms with Crippen molar-refractivity contribution in [2.75, 3.05) is 7.05 Å². The maximum absolute atomic E-state index is 5.86. The SMILES string of the molecule is CN=C(NCc1cc(C)oc1C)NC1CC2CCC1O2. The minimum atomic E-state index is 0.358. The predicted octanol–water partition coefficient (Wildman–Crippen LogP) is 1.88. The van der Waals surface area contributed by atoms with Crippen LogP contribution in [0, 0.1) is 13.8 Å². The maximum Gasteiger partial charge on any atom is 0.191 e. The van der Waals surface area contributed by atoms with Crippen LogP contribution < -0.4 is 10.6 Å². The predicted molar refractivity (Wildman–Crippen MR) is 77.8 cm³/mol. The third-order valence-corrected chi connectivity index (χ3v) is 4.24. The van der Waals surface area contributed by atoms with Gasteiger partial charge in [-0.25, -0.2) is 0 Å². The number of hydrogen-bond donors (Lipinski definition) is 2. The third-order valence-electron chi connectivity index (χ3n) is 4.24. The van der Waals surface area contributed by atoms with Crippen LogP contribution in [0.2, 0.25) is 0 Å². The van der Waals surface area contributed by atoms with E-state index >= 15 is 0 Å². The lowest BCUT2D eigenvalue weighted by Gasteiger charge is -2.22. The quantitative estimate of drug-likeness (QED) is 0.654. The van der Waals surface area contributed by atoms with Gasteiger partial charge in [0.25, 0.3) is 0 Å². The van der Waals surface area contributed by atoms with Gasteiger partial charge in [0.1, 0.15) is 11.5 Å². The van der Waals surface area contributed by atoms with Crippen molar-refractivity contribution in [1.29, 1.82) is 0 Å². The molecule has 0 aromatic carbocycles. The highest BCUT2D eigenvalue weighted by Crippen LogP contribution is 2.34. The molecule has 2 aliphatic heterocycles. The fourth-order valence-corrected chi connectivity index (χ4v) is 3.20. The normalized spacial score (nSPS) is 28.9. The van der Waals surface area contributed by atoms with Gasteiger partial charge in [0.05, 0.1) is 18.2 Å². The van der Waals surface area contributed by atoms with Crippen LogP contribution in [0.25, 0.3) is 0 Å². The number of guanidine groups is 1. The van der Waals surface area contributed by atoms with Gasteiger partial charge in [0, 0.05) is 19.2 Å². The second-order valence-electron chi connectivity index (χ2n) is 5.72. The molecule has 0 amide bonds. The standard InChI is InChI=1S/C15H23N3O2/c1-9-6-11(10(2)19-9)8-17-15(16-3)18-13-7-12-4-5-14(13)20-12/h6,12-14H,4-5,7-8H2,1-3H3,(H2,16,17,18). The van der Waals surface area contributed by atoms with Gasteiger partial charge in [-0.05, 0) is 39.2 Å². The summed E-state index contributed by atoms with van der Waals surface area (Å²) in [4.78, 5) is 4.29. The van der Waals surface area contributed by atoms with Gasteiger partial charge in [-0.1, -0.05) is 0 Å². The summed E-state index contributed by atoms with van der Waals surface area (Å²) in [5.74, 6) is 2.75. The molecule has 1 aromatic heterocycles. The maximum atomic E-state index is 5.86. The largest absolute Gasteiger partial charge is 0.466 e. The lowest BCUT2D eigenvalue weighted by molar-refractivity contribution is 0.0992. The number of hydrogen-bond acceptors (Lipinski definition) is 3. The highest BCUT2D eigenvalue weighted by Gasteiger charge is 2.41. The summed E-state index contributed by atoms with van der Waals surface area (Å²) < 4.78 is 11.4. The van der Waals surface area contributed by atoms with Gasteiger partial charge in [-0.2, -0.15) is 0 Å². The molecule has 110 valence electrons. The first-order chi connectivity index (χ1) is 9.65. The van der Waals surface area contributed by atoms with Gasteiger partial charge in [-0.3, -0.25) is 4.99 Å². The molecule has 3 atom stereocenters. The Morgan fingerprint density at radius 3 is 2.80 bits per heavy atom. The molecule has 0 aliphatic carbocycles. The first-order valence-corrected chi connectivity index (χ1v) is 7.34. The zero-order valence-corrected chi connectivity index (χ0v) is 12.4. The number of ether oxygens (including phenoxy) is 1. The Morgan fingerprint density at radius 1 is 1.40 bits per heavy atom. The minimum absolute atomic E-state index is 0.358. The van der Waals surface area contributed by atoms with Crippen LogP contribution in [-0.4, -0.2) is 31.3 Å². The number of aliphatic imine (C=N–C) groups is 1. The van der Waals surface area contributed by atoms with Gasteiger partial charge in [0.2, 0.25) is 0 Å². The molecule has 3 heterocycles. The minimum Gasteiger partial charge on any atom is -0.466 e. The van der Waals surface area contributed by atoms with E-state index in [1.807, 2.05) is 13.8 Å². The fraction of sp³-hybridized carbons (Fsp3) is 0.667. The summed E-state index contributed by atoms with van der Waals surface area (Å²) in [6.45, 7) is 4.69. The molecule has 0 saturated carbocycles. The van der Waals surface area contributed by atoms with Crippen molar-refractivity contribution in [1.82, 2.24) is 10.6 Å². The molecule has 0 radical (unpaired) electrons. The Bertz CT molecular complexity index is 509. The first-order valence-electron chi connectivity index (χ1n) is 7.34. The van der Waals surface area contributed by atoms with Crippen molar-refractivity contribution in [2.24, 2.45) is 4.99 Å². The van der Waals surface area contributed by atoms with E-state index in [1.165, 1.54) is 18.4 Å². The van der Waals surface area contributed by atoms with Gasteiger partial charge >= 0.3 is 0 Å². The van der Waals surface area contributed by atoms with Crippen molar-refractivity contribution in [2.45, 2.75) is 57.9 Å². The van der Waals surface area contributed by atoms with Crippen LogP contribution in [0.15, 0.2) is 15.5 Å². The van der Waals surface area contributed by atoms with Gasteiger partial charge in [0.15, 0.2) is 5.96 Å². The number of rotatable bonds is 3. The Morgan fingerprint density at radius 2 is 2.25 bits per heavy atom. The molecule has 5 nitrogen and oxygen atoms in total. The molecular formula is C15H23N3O2. The van der Waals surface area contributed by atoms with Crippen molar-refractivity contribution in [3.05, 3.63) is 23.2 Å². The molecule has 2 bridgehead atoms. The fourth-order valence-electron chi connectivity index (χ4n) is 3.20. The first kappa shape index (κ1) is 13.5. The molecule has 20 heavy (non-hydrogen) atoms. The van der Waals surface area contributed by atoms with Crippen LogP contribution in [0.4, 0.5) is 0 Å². The lowest BCUT2D eigenvalue weighted by Crippen LogP contribution is -2.47. The average Bonchev–Trinajstić information content (AvgIpc) is 3.10. The molecule has 5 heteroatoms. The second kappa shape index (κ2) is 5.48. The monoisotopic (exact) mass is 277 g/mol. The highest BCUT2D eigenvalue weighted by atomic mass is 16.5. The Hall–Kier alpha value is -1.49. The zero-order chi connectivity index (χ0) is 14.1. The summed E-state index contributed by atoms with van der Waals surface area (Å²) in [6.07, 6.45) is 4.28. The Labute approximate surface area is 119 Å². The molecule has 2 fully saturated rings. The molecule has 2 aliphatic rings. The van der Waals surface area contributed by atoms with Crippen LogP contribution in [0.1, 0.15) is 36.3 Å². The van der Waals surface area contributed by atoms with Gasteiger partial charge < -0.3 is 19.8 Å². The number of fused-ring (bicyclic) bond motifs is 2.